The molecular weight excluding hydrogens is 353 g/mol. The molecule has 2 aromatic rings. The van der Waals surface area contributed by atoms with Crippen molar-refractivity contribution < 1.29 is 23.4 Å². The molecule has 0 aliphatic heterocycles. The predicted octanol–water partition coefficient (Wildman–Crippen LogP) is 3.08. The minimum atomic E-state index is -0.882. The molecule has 1 aromatic carbocycles. The van der Waals surface area contributed by atoms with Gasteiger partial charge in [-0.25, -0.2) is 9.18 Å². The lowest BCUT2D eigenvalue weighted by atomic mass is 10.2. The van der Waals surface area contributed by atoms with Gasteiger partial charge in [0, 0.05) is 18.2 Å². The standard InChI is InChI=1S/C16H17ClFN3O4/c1-4-25-16(22)14-13(12(18)15(17)21-20-14)19-8-9-5-6-10(23-2)7-11(9)24-3/h5-7H,4,8H2,1-3H3,(H,19,21). The van der Waals surface area contributed by atoms with E-state index < -0.39 is 16.9 Å². The van der Waals surface area contributed by atoms with Crippen molar-refractivity contribution in [2.45, 2.75) is 13.5 Å². The zero-order chi connectivity index (χ0) is 18.4. The second kappa shape index (κ2) is 8.48. The van der Waals surface area contributed by atoms with E-state index in [9.17, 15) is 9.18 Å². The van der Waals surface area contributed by atoms with Gasteiger partial charge in [0.15, 0.2) is 16.7 Å². The fraction of sp³-hybridized carbons (Fsp3) is 0.312. The third kappa shape index (κ3) is 4.27. The topological polar surface area (TPSA) is 82.6 Å². The number of hydrogen-bond donors (Lipinski definition) is 1. The molecule has 0 atom stereocenters. The maximum atomic E-state index is 14.3. The zero-order valence-electron chi connectivity index (χ0n) is 13.9. The number of aromatic nitrogens is 2. The lowest BCUT2D eigenvalue weighted by Crippen LogP contribution is -2.15. The highest BCUT2D eigenvalue weighted by Gasteiger charge is 2.22. The maximum absolute atomic E-state index is 14.3. The molecule has 0 aliphatic rings. The van der Waals surface area contributed by atoms with E-state index in [2.05, 4.69) is 15.5 Å². The third-order valence-corrected chi connectivity index (χ3v) is 3.54. The van der Waals surface area contributed by atoms with Gasteiger partial charge >= 0.3 is 5.97 Å². The van der Waals surface area contributed by atoms with Crippen molar-refractivity contribution in [3.8, 4) is 11.5 Å². The molecule has 0 fully saturated rings. The molecule has 0 saturated carbocycles. The van der Waals surface area contributed by atoms with Crippen molar-refractivity contribution in [3.63, 3.8) is 0 Å². The van der Waals surface area contributed by atoms with Gasteiger partial charge in [0.2, 0.25) is 0 Å². The van der Waals surface area contributed by atoms with Crippen LogP contribution in [0.1, 0.15) is 23.0 Å². The van der Waals surface area contributed by atoms with Gasteiger partial charge in [0.25, 0.3) is 0 Å². The van der Waals surface area contributed by atoms with Crippen molar-refractivity contribution in [1.82, 2.24) is 10.2 Å². The highest BCUT2D eigenvalue weighted by atomic mass is 35.5. The van der Waals surface area contributed by atoms with Crippen LogP contribution in [-0.2, 0) is 11.3 Å². The number of hydrogen-bond acceptors (Lipinski definition) is 7. The van der Waals surface area contributed by atoms with E-state index in [1.54, 1.807) is 32.2 Å². The summed E-state index contributed by atoms with van der Waals surface area (Å²) in [6, 6.07) is 5.18. The minimum Gasteiger partial charge on any atom is -0.497 e. The predicted molar refractivity (Wildman–Crippen MR) is 89.8 cm³/mol. The molecule has 0 radical (unpaired) electrons. The number of nitrogens with zero attached hydrogens (tertiary/aromatic N) is 2. The van der Waals surface area contributed by atoms with Crippen LogP contribution in [0.2, 0.25) is 5.15 Å². The first-order chi connectivity index (χ1) is 12.0. The van der Waals surface area contributed by atoms with Gasteiger partial charge < -0.3 is 19.5 Å². The SMILES string of the molecule is CCOC(=O)c1nnc(Cl)c(F)c1NCc1ccc(OC)cc1OC. The van der Waals surface area contributed by atoms with Crippen LogP contribution in [0.15, 0.2) is 18.2 Å². The summed E-state index contributed by atoms with van der Waals surface area (Å²) in [5, 5.41) is 9.40. The summed E-state index contributed by atoms with van der Waals surface area (Å²) in [6.07, 6.45) is 0. The van der Waals surface area contributed by atoms with E-state index in [-0.39, 0.29) is 24.5 Å². The third-order valence-electron chi connectivity index (χ3n) is 3.29. The Morgan fingerprint density at radius 3 is 2.68 bits per heavy atom. The van der Waals surface area contributed by atoms with Gasteiger partial charge in [-0.3, -0.25) is 0 Å². The van der Waals surface area contributed by atoms with Crippen LogP contribution >= 0.6 is 11.6 Å². The first-order valence-corrected chi connectivity index (χ1v) is 7.73. The van der Waals surface area contributed by atoms with Crippen molar-refractivity contribution >= 4 is 23.3 Å². The maximum Gasteiger partial charge on any atom is 0.361 e. The number of benzene rings is 1. The molecule has 134 valence electrons. The fourth-order valence-electron chi connectivity index (χ4n) is 2.08. The Labute approximate surface area is 149 Å². The van der Waals surface area contributed by atoms with Crippen LogP contribution in [0.4, 0.5) is 10.1 Å². The lowest BCUT2D eigenvalue weighted by molar-refractivity contribution is 0.0518. The number of ether oxygens (including phenoxy) is 3. The van der Waals surface area contributed by atoms with Gasteiger partial charge in [-0.15, -0.1) is 10.2 Å². The Hall–Kier alpha value is -2.61. The highest BCUT2D eigenvalue weighted by molar-refractivity contribution is 6.29. The normalized spacial score (nSPS) is 10.3. The summed E-state index contributed by atoms with van der Waals surface area (Å²) in [4.78, 5) is 11.9. The second-order valence-electron chi connectivity index (χ2n) is 4.78. The molecule has 0 aliphatic carbocycles. The molecule has 0 unspecified atom stereocenters. The number of carbonyl (C=O) groups excluding carboxylic acids is 1. The van der Waals surface area contributed by atoms with E-state index in [0.29, 0.717) is 17.1 Å². The van der Waals surface area contributed by atoms with E-state index >= 15 is 0 Å². The summed E-state index contributed by atoms with van der Waals surface area (Å²) < 4.78 is 29.6. The van der Waals surface area contributed by atoms with Gasteiger partial charge in [-0.2, -0.15) is 0 Å². The summed E-state index contributed by atoms with van der Waals surface area (Å²) in [5.41, 5.74) is 0.248. The number of rotatable bonds is 7. The first-order valence-electron chi connectivity index (χ1n) is 7.35. The Bertz CT molecular complexity index is 773. The van der Waals surface area contributed by atoms with Crippen molar-refractivity contribution in [1.29, 1.82) is 0 Å². The van der Waals surface area contributed by atoms with Gasteiger partial charge in [-0.1, -0.05) is 11.6 Å². The lowest BCUT2D eigenvalue weighted by Gasteiger charge is -2.14. The van der Waals surface area contributed by atoms with E-state index in [1.807, 2.05) is 0 Å². The van der Waals surface area contributed by atoms with E-state index in [0.717, 1.165) is 0 Å². The van der Waals surface area contributed by atoms with Crippen LogP contribution in [0.3, 0.4) is 0 Å². The van der Waals surface area contributed by atoms with Gasteiger partial charge in [-0.05, 0) is 19.1 Å². The monoisotopic (exact) mass is 369 g/mol. The average molecular weight is 370 g/mol. The largest absolute Gasteiger partial charge is 0.497 e. The number of methoxy groups -OCH3 is 2. The fourth-order valence-corrected chi connectivity index (χ4v) is 2.21. The molecule has 0 spiro atoms. The number of anilines is 1. The number of nitrogens with one attached hydrogen (secondary N) is 1. The summed E-state index contributed by atoms with van der Waals surface area (Å²) in [6.45, 7) is 1.90. The van der Waals surface area contributed by atoms with Crippen LogP contribution < -0.4 is 14.8 Å². The average Bonchev–Trinajstić information content (AvgIpc) is 2.62. The smallest absolute Gasteiger partial charge is 0.361 e. The summed E-state index contributed by atoms with van der Waals surface area (Å²) in [5.74, 6) is -0.521. The first kappa shape index (κ1) is 18.7. The molecule has 1 aromatic heterocycles. The molecular formula is C16H17ClFN3O4. The Balaban J connectivity index is 2.31. The zero-order valence-corrected chi connectivity index (χ0v) is 14.7. The number of carbonyl (C=O) groups is 1. The number of esters is 1. The molecule has 1 N–H and O–H groups in total. The van der Waals surface area contributed by atoms with E-state index in [1.165, 1.54) is 7.11 Å². The Morgan fingerprint density at radius 2 is 2.04 bits per heavy atom. The molecule has 2 rings (SSSR count). The molecule has 7 nitrogen and oxygen atoms in total. The molecule has 0 amide bonds. The van der Waals surface area contributed by atoms with Crippen LogP contribution in [0, 0.1) is 5.82 Å². The van der Waals surface area contributed by atoms with Crippen molar-refractivity contribution in [2.24, 2.45) is 0 Å². The number of halogens is 2. The van der Waals surface area contributed by atoms with Crippen LogP contribution in [0.5, 0.6) is 11.5 Å². The molecule has 25 heavy (non-hydrogen) atoms. The summed E-state index contributed by atoms with van der Waals surface area (Å²) >= 11 is 5.67. The van der Waals surface area contributed by atoms with Crippen molar-refractivity contribution in [2.75, 3.05) is 26.1 Å². The van der Waals surface area contributed by atoms with E-state index in [4.69, 9.17) is 25.8 Å². The van der Waals surface area contributed by atoms with Gasteiger partial charge in [0.1, 0.15) is 17.2 Å². The second-order valence-corrected chi connectivity index (χ2v) is 5.14. The van der Waals surface area contributed by atoms with Crippen molar-refractivity contribution in [3.05, 3.63) is 40.4 Å². The summed E-state index contributed by atoms with van der Waals surface area (Å²) in [7, 11) is 3.05. The van der Waals surface area contributed by atoms with Crippen LogP contribution in [-0.4, -0.2) is 37.0 Å². The molecule has 1 heterocycles. The minimum absolute atomic E-state index is 0.122. The molecule has 0 saturated heterocycles. The van der Waals surface area contributed by atoms with Gasteiger partial charge in [0.05, 0.1) is 20.8 Å². The van der Waals surface area contributed by atoms with Crippen LogP contribution in [0.25, 0.3) is 0 Å². The molecule has 0 bridgehead atoms. The quantitative estimate of drug-likeness (QED) is 0.751. The molecule has 9 heteroatoms. The Morgan fingerprint density at radius 1 is 1.28 bits per heavy atom. The highest BCUT2D eigenvalue weighted by Crippen LogP contribution is 2.28. The Kier molecular flexibility index (Phi) is 6.35.